The molecule has 2 bridgehead atoms. The van der Waals surface area contributed by atoms with Crippen molar-refractivity contribution in [2.24, 2.45) is 5.92 Å². The maximum Gasteiger partial charge on any atom is 0.0733 e. The van der Waals surface area contributed by atoms with Crippen molar-refractivity contribution in [3.05, 3.63) is 71.8 Å². The Balaban J connectivity index is 1.78. The number of piperidine rings is 3. The number of nitrogens with zero attached hydrogens (tertiary/aromatic N) is 1. The second kappa shape index (κ2) is 5.86. The van der Waals surface area contributed by atoms with Crippen LogP contribution in [0.25, 0.3) is 0 Å². The lowest BCUT2D eigenvalue weighted by Crippen LogP contribution is -2.60. The van der Waals surface area contributed by atoms with Crippen LogP contribution in [0.5, 0.6) is 0 Å². The van der Waals surface area contributed by atoms with Gasteiger partial charge in [0, 0.05) is 12.0 Å². The first kappa shape index (κ1) is 14.0. The summed E-state index contributed by atoms with van der Waals surface area (Å²) in [7, 11) is 0. The topological polar surface area (TPSA) is 23.5 Å². The van der Waals surface area contributed by atoms with Crippen molar-refractivity contribution >= 4 is 0 Å². The van der Waals surface area contributed by atoms with Crippen LogP contribution in [-0.4, -0.2) is 35.2 Å². The third-order valence-electron chi connectivity index (χ3n) is 5.49. The highest BCUT2D eigenvalue weighted by Gasteiger charge is 2.45. The zero-order valence-corrected chi connectivity index (χ0v) is 12.8. The molecule has 0 aliphatic carbocycles. The molecule has 3 fully saturated rings. The van der Waals surface area contributed by atoms with Crippen molar-refractivity contribution in [2.45, 2.75) is 30.9 Å². The first-order valence-corrected chi connectivity index (χ1v) is 8.36. The molecule has 0 saturated carbocycles. The summed E-state index contributed by atoms with van der Waals surface area (Å²) in [5.74, 6) is 0.727. The predicted molar refractivity (Wildman–Crippen MR) is 88.8 cm³/mol. The van der Waals surface area contributed by atoms with E-state index in [2.05, 4.69) is 65.6 Å². The first-order chi connectivity index (χ1) is 10.8. The number of benzene rings is 2. The van der Waals surface area contributed by atoms with Crippen molar-refractivity contribution in [1.29, 1.82) is 0 Å². The SMILES string of the molecule is O[C@@H]1C2CCN(CC2)[C@@H]1C(c1ccccc1)c1ccccc1. The van der Waals surface area contributed by atoms with Crippen LogP contribution in [0.4, 0.5) is 0 Å². The zero-order chi connectivity index (χ0) is 14.9. The number of hydrogen-bond acceptors (Lipinski definition) is 2. The minimum atomic E-state index is -0.215. The van der Waals surface area contributed by atoms with Gasteiger partial charge in [-0.3, -0.25) is 4.90 Å². The maximum atomic E-state index is 10.9. The highest BCUT2D eigenvalue weighted by atomic mass is 16.3. The quantitative estimate of drug-likeness (QED) is 0.939. The van der Waals surface area contributed by atoms with Crippen LogP contribution in [0.15, 0.2) is 60.7 Å². The number of aliphatic hydroxyl groups is 1. The van der Waals surface area contributed by atoms with Crippen LogP contribution < -0.4 is 0 Å². The van der Waals surface area contributed by atoms with Gasteiger partial charge in [-0.1, -0.05) is 60.7 Å². The Morgan fingerprint density at radius 3 is 1.77 bits per heavy atom. The van der Waals surface area contributed by atoms with E-state index in [0.717, 1.165) is 25.9 Å². The second-order valence-electron chi connectivity index (χ2n) is 6.65. The molecule has 114 valence electrons. The van der Waals surface area contributed by atoms with Crippen molar-refractivity contribution in [3.63, 3.8) is 0 Å². The van der Waals surface area contributed by atoms with Gasteiger partial charge in [0.1, 0.15) is 0 Å². The van der Waals surface area contributed by atoms with Crippen molar-refractivity contribution in [2.75, 3.05) is 13.1 Å². The zero-order valence-electron chi connectivity index (χ0n) is 12.8. The Morgan fingerprint density at radius 1 is 0.818 bits per heavy atom. The molecule has 0 unspecified atom stereocenters. The molecule has 0 aromatic heterocycles. The summed E-state index contributed by atoms with van der Waals surface area (Å²) in [5.41, 5.74) is 2.62. The Kier molecular flexibility index (Phi) is 3.73. The van der Waals surface area contributed by atoms with E-state index in [-0.39, 0.29) is 18.1 Å². The molecule has 0 radical (unpaired) electrons. The lowest BCUT2D eigenvalue weighted by molar-refractivity contribution is -0.0775. The Morgan fingerprint density at radius 2 is 1.32 bits per heavy atom. The van der Waals surface area contributed by atoms with E-state index in [1.807, 2.05) is 0 Å². The molecule has 2 aromatic carbocycles. The van der Waals surface area contributed by atoms with Gasteiger partial charge in [-0.2, -0.15) is 0 Å². The van der Waals surface area contributed by atoms with Crippen LogP contribution in [0.1, 0.15) is 29.9 Å². The van der Waals surface area contributed by atoms with Gasteiger partial charge in [-0.15, -0.1) is 0 Å². The fourth-order valence-electron chi connectivity index (χ4n) is 4.37. The Bertz CT molecular complexity index is 563. The maximum absolute atomic E-state index is 10.9. The molecule has 2 nitrogen and oxygen atoms in total. The van der Waals surface area contributed by atoms with Crippen LogP contribution in [0, 0.1) is 5.92 Å². The molecule has 5 rings (SSSR count). The van der Waals surface area contributed by atoms with E-state index in [0.29, 0.717) is 5.92 Å². The lowest BCUT2D eigenvalue weighted by Gasteiger charge is -2.51. The molecule has 2 heteroatoms. The van der Waals surface area contributed by atoms with Crippen LogP contribution in [0.2, 0.25) is 0 Å². The summed E-state index contributed by atoms with van der Waals surface area (Å²) in [6, 6.07) is 21.6. The smallest absolute Gasteiger partial charge is 0.0733 e. The molecule has 3 saturated heterocycles. The van der Waals surface area contributed by atoms with Gasteiger partial charge in [0.05, 0.1) is 6.10 Å². The Hall–Kier alpha value is -1.64. The van der Waals surface area contributed by atoms with Gasteiger partial charge in [-0.05, 0) is 43.0 Å². The molecule has 3 aliphatic heterocycles. The van der Waals surface area contributed by atoms with E-state index >= 15 is 0 Å². The molecule has 1 N–H and O–H groups in total. The second-order valence-corrected chi connectivity index (χ2v) is 6.65. The fourth-order valence-corrected chi connectivity index (χ4v) is 4.37. The molecule has 22 heavy (non-hydrogen) atoms. The van der Waals surface area contributed by atoms with Crippen LogP contribution >= 0.6 is 0 Å². The largest absolute Gasteiger partial charge is 0.391 e. The third-order valence-corrected chi connectivity index (χ3v) is 5.49. The third kappa shape index (κ3) is 2.37. The monoisotopic (exact) mass is 293 g/mol. The molecule has 2 aromatic rings. The Labute approximate surface area is 132 Å². The van der Waals surface area contributed by atoms with Gasteiger partial charge in [0.25, 0.3) is 0 Å². The number of aliphatic hydroxyl groups excluding tert-OH is 1. The lowest BCUT2D eigenvalue weighted by atomic mass is 9.72. The van der Waals surface area contributed by atoms with Gasteiger partial charge in [0.2, 0.25) is 0 Å². The highest BCUT2D eigenvalue weighted by Crippen LogP contribution is 2.41. The summed E-state index contributed by atoms with van der Waals surface area (Å²) >= 11 is 0. The molecular formula is C20H23NO. The van der Waals surface area contributed by atoms with Crippen LogP contribution in [-0.2, 0) is 0 Å². The molecule has 0 spiro atoms. The predicted octanol–water partition coefficient (Wildman–Crippen LogP) is 3.27. The molecule has 2 atom stereocenters. The summed E-state index contributed by atoms with van der Waals surface area (Å²) in [4.78, 5) is 2.51. The highest BCUT2D eigenvalue weighted by molar-refractivity contribution is 5.35. The van der Waals surface area contributed by atoms with Crippen LogP contribution in [0.3, 0.4) is 0 Å². The molecular weight excluding hydrogens is 270 g/mol. The molecule has 3 heterocycles. The average molecular weight is 293 g/mol. The summed E-state index contributed by atoms with van der Waals surface area (Å²) in [5, 5.41) is 10.9. The van der Waals surface area contributed by atoms with E-state index in [9.17, 15) is 5.11 Å². The normalized spacial score (nSPS) is 30.6. The van der Waals surface area contributed by atoms with Crippen molar-refractivity contribution < 1.29 is 5.11 Å². The molecule has 0 amide bonds. The van der Waals surface area contributed by atoms with Gasteiger partial charge in [0.15, 0.2) is 0 Å². The number of fused-ring (bicyclic) bond motifs is 3. The standard InChI is InChI=1S/C20H23NO/c22-20-17-11-13-21(14-12-17)19(20)18(15-7-3-1-4-8-15)16-9-5-2-6-10-16/h1-10,17-20,22H,11-14H2/t19-,20-/m1/s1. The van der Waals surface area contributed by atoms with E-state index < -0.39 is 0 Å². The van der Waals surface area contributed by atoms with Gasteiger partial charge < -0.3 is 5.11 Å². The minimum absolute atomic E-state index is 0.206. The average Bonchev–Trinajstić information content (AvgIpc) is 2.60. The van der Waals surface area contributed by atoms with Crippen molar-refractivity contribution in [3.8, 4) is 0 Å². The van der Waals surface area contributed by atoms with E-state index in [4.69, 9.17) is 0 Å². The minimum Gasteiger partial charge on any atom is -0.391 e. The first-order valence-electron chi connectivity index (χ1n) is 8.36. The molecule has 3 aliphatic rings. The van der Waals surface area contributed by atoms with Gasteiger partial charge >= 0.3 is 0 Å². The summed E-state index contributed by atoms with van der Waals surface area (Å²) < 4.78 is 0. The number of hydrogen-bond donors (Lipinski definition) is 1. The van der Waals surface area contributed by atoms with E-state index in [1.54, 1.807) is 0 Å². The summed E-state index contributed by atoms with van der Waals surface area (Å²) in [6.07, 6.45) is 2.08. The van der Waals surface area contributed by atoms with Gasteiger partial charge in [-0.25, -0.2) is 0 Å². The number of rotatable bonds is 3. The summed E-state index contributed by atoms with van der Waals surface area (Å²) in [6.45, 7) is 2.26. The van der Waals surface area contributed by atoms with E-state index in [1.165, 1.54) is 11.1 Å². The van der Waals surface area contributed by atoms with Crippen molar-refractivity contribution in [1.82, 2.24) is 4.90 Å². The fraction of sp³-hybridized carbons (Fsp3) is 0.400.